The first-order chi connectivity index (χ1) is 17.0. The Hall–Kier alpha value is -3.46. The number of rotatable bonds is 10. The smallest absolute Gasteiger partial charge is 0.248 e. The Morgan fingerprint density at radius 1 is 1.09 bits per heavy atom. The number of ether oxygens (including phenoxy) is 3. The first-order valence-corrected chi connectivity index (χ1v) is 12.2. The average molecular weight is 493 g/mol. The van der Waals surface area contributed by atoms with E-state index < -0.39 is 5.91 Å². The second-order valence-electron chi connectivity index (χ2n) is 8.08. The minimum Gasteiger partial charge on any atom is -0.496 e. The zero-order valence-electron chi connectivity index (χ0n) is 19.6. The monoisotopic (exact) mass is 492 g/mol. The number of nitrogens with two attached hydrogens (primary N) is 1. The van der Waals surface area contributed by atoms with Crippen LogP contribution in [-0.4, -0.2) is 63.2 Å². The number of carbonyl (C=O) groups excluding carboxylic acids is 2. The van der Waals surface area contributed by atoms with Crippen LogP contribution in [0.2, 0.25) is 0 Å². The number of hydrogen-bond acceptors (Lipinski definition) is 7. The van der Waals surface area contributed by atoms with Gasteiger partial charge in [0.15, 0.2) is 5.78 Å². The fourth-order valence-electron chi connectivity index (χ4n) is 3.90. The van der Waals surface area contributed by atoms with Crippen molar-refractivity contribution >= 4 is 28.6 Å². The molecule has 1 aromatic heterocycles. The summed E-state index contributed by atoms with van der Waals surface area (Å²) in [5.74, 6) is 0.377. The van der Waals surface area contributed by atoms with Crippen LogP contribution in [0.5, 0.6) is 11.5 Å². The van der Waals surface area contributed by atoms with Crippen molar-refractivity contribution in [2.75, 3.05) is 46.6 Å². The molecule has 1 saturated heterocycles. The number of ketones is 1. The molecule has 2 aromatic carbocycles. The molecular formula is C27H28N2O5S. The topological polar surface area (TPSA) is 91.1 Å². The van der Waals surface area contributed by atoms with E-state index in [9.17, 15) is 9.59 Å². The third-order valence-electron chi connectivity index (χ3n) is 5.89. The van der Waals surface area contributed by atoms with Gasteiger partial charge in [0, 0.05) is 58.4 Å². The second kappa shape index (κ2) is 11.3. The number of primary amides is 1. The van der Waals surface area contributed by atoms with Crippen molar-refractivity contribution in [3.8, 4) is 21.9 Å². The van der Waals surface area contributed by atoms with Gasteiger partial charge < -0.3 is 19.9 Å². The standard InChI is InChI=1S/C27H28N2O5S/c1-18(26(30)19-5-7-20(8-6-19)27(28)31)21-16-22(25-4-3-15-35-25)23(32-2)17-24(21)34-14-11-29-9-12-33-13-10-29/h3-8,15-17H,1,9-14H2,2H3,(H2,28,31). The Labute approximate surface area is 208 Å². The van der Waals surface area contributed by atoms with Crippen LogP contribution in [-0.2, 0) is 4.74 Å². The predicted octanol–water partition coefficient (Wildman–Crippen LogP) is 4.13. The van der Waals surface area contributed by atoms with Gasteiger partial charge in [0.1, 0.15) is 18.1 Å². The molecule has 2 heterocycles. The van der Waals surface area contributed by atoms with Gasteiger partial charge in [0.2, 0.25) is 5.91 Å². The van der Waals surface area contributed by atoms with E-state index in [4.69, 9.17) is 19.9 Å². The Balaban J connectivity index is 1.64. The Morgan fingerprint density at radius 2 is 1.80 bits per heavy atom. The number of allylic oxidation sites excluding steroid dienone is 1. The summed E-state index contributed by atoms with van der Waals surface area (Å²) < 4.78 is 17.3. The van der Waals surface area contributed by atoms with E-state index in [0.29, 0.717) is 53.6 Å². The molecule has 0 bridgehead atoms. The van der Waals surface area contributed by atoms with Crippen molar-refractivity contribution in [1.82, 2.24) is 4.90 Å². The average Bonchev–Trinajstić information content (AvgIpc) is 3.43. The van der Waals surface area contributed by atoms with Gasteiger partial charge in [-0.3, -0.25) is 14.5 Å². The molecule has 2 N–H and O–H groups in total. The fourth-order valence-corrected chi connectivity index (χ4v) is 4.65. The molecule has 3 aromatic rings. The third kappa shape index (κ3) is 5.79. The van der Waals surface area contributed by atoms with E-state index >= 15 is 0 Å². The summed E-state index contributed by atoms with van der Waals surface area (Å²) in [5.41, 5.74) is 7.81. The second-order valence-corrected chi connectivity index (χ2v) is 9.03. The molecule has 0 radical (unpaired) electrons. The summed E-state index contributed by atoms with van der Waals surface area (Å²) in [5, 5.41) is 1.99. The highest BCUT2D eigenvalue weighted by Gasteiger charge is 2.21. The van der Waals surface area contributed by atoms with Gasteiger partial charge in [0.05, 0.1) is 20.3 Å². The Kier molecular flexibility index (Phi) is 7.97. The van der Waals surface area contributed by atoms with Crippen molar-refractivity contribution in [3.63, 3.8) is 0 Å². The van der Waals surface area contributed by atoms with E-state index in [-0.39, 0.29) is 5.78 Å². The summed E-state index contributed by atoms with van der Waals surface area (Å²) in [6.07, 6.45) is 0. The van der Waals surface area contributed by atoms with Crippen molar-refractivity contribution in [3.05, 3.63) is 77.2 Å². The van der Waals surface area contributed by atoms with Gasteiger partial charge in [-0.25, -0.2) is 0 Å². The highest BCUT2D eigenvalue weighted by Crippen LogP contribution is 2.41. The van der Waals surface area contributed by atoms with E-state index in [0.717, 1.165) is 30.1 Å². The molecule has 1 amide bonds. The highest BCUT2D eigenvalue weighted by molar-refractivity contribution is 7.13. The lowest BCUT2D eigenvalue weighted by Crippen LogP contribution is -2.38. The molecule has 1 aliphatic heterocycles. The van der Waals surface area contributed by atoms with Crippen molar-refractivity contribution in [2.24, 2.45) is 5.73 Å². The maximum absolute atomic E-state index is 13.3. The van der Waals surface area contributed by atoms with Crippen molar-refractivity contribution in [1.29, 1.82) is 0 Å². The van der Waals surface area contributed by atoms with E-state index in [1.165, 1.54) is 12.1 Å². The van der Waals surface area contributed by atoms with Crippen LogP contribution in [0.15, 0.2) is 60.5 Å². The van der Waals surface area contributed by atoms with Crippen LogP contribution >= 0.6 is 11.3 Å². The lowest BCUT2D eigenvalue weighted by molar-refractivity contribution is 0.0322. The number of nitrogens with zero attached hydrogens (tertiary/aromatic N) is 1. The molecule has 0 saturated carbocycles. The number of Topliss-reactive ketones (excluding diaryl/α,β-unsaturated/α-hetero) is 1. The minimum atomic E-state index is -0.547. The van der Waals surface area contributed by atoms with Gasteiger partial charge in [-0.2, -0.15) is 0 Å². The van der Waals surface area contributed by atoms with Crippen molar-refractivity contribution in [2.45, 2.75) is 0 Å². The van der Waals surface area contributed by atoms with Crippen LogP contribution < -0.4 is 15.2 Å². The summed E-state index contributed by atoms with van der Waals surface area (Å²) in [7, 11) is 1.61. The Bertz CT molecular complexity index is 1200. The van der Waals surface area contributed by atoms with E-state index in [1.807, 2.05) is 29.6 Å². The van der Waals surface area contributed by atoms with Gasteiger partial charge in [-0.05, 0) is 29.6 Å². The Morgan fingerprint density at radius 3 is 2.43 bits per heavy atom. The highest BCUT2D eigenvalue weighted by atomic mass is 32.1. The molecular weight excluding hydrogens is 464 g/mol. The molecule has 8 heteroatoms. The van der Waals surface area contributed by atoms with Gasteiger partial charge in [0.25, 0.3) is 0 Å². The number of hydrogen-bond donors (Lipinski definition) is 1. The molecule has 0 atom stereocenters. The van der Waals surface area contributed by atoms with Gasteiger partial charge in [-0.15, -0.1) is 11.3 Å². The number of methoxy groups -OCH3 is 1. The number of amides is 1. The zero-order chi connectivity index (χ0) is 24.8. The zero-order valence-corrected chi connectivity index (χ0v) is 20.4. The lowest BCUT2D eigenvalue weighted by atomic mass is 9.94. The summed E-state index contributed by atoms with van der Waals surface area (Å²) >= 11 is 1.58. The molecule has 0 aliphatic carbocycles. The van der Waals surface area contributed by atoms with Crippen LogP contribution in [0.25, 0.3) is 16.0 Å². The normalized spacial score (nSPS) is 13.9. The van der Waals surface area contributed by atoms with Crippen molar-refractivity contribution < 1.29 is 23.8 Å². The minimum absolute atomic E-state index is 0.263. The molecule has 1 fully saturated rings. The first-order valence-electron chi connectivity index (χ1n) is 11.3. The number of thiophene rings is 1. The SMILES string of the molecule is C=C(C(=O)c1ccc(C(N)=O)cc1)c1cc(-c2cccs2)c(OC)cc1OCCN1CCOCC1. The maximum Gasteiger partial charge on any atom is 0.248 e. The predicted molar refractivity (Wildman–Crippen MR) is 137 cm³/mol. The fraction of sp³-hybridized carbons (Fsp3) is 0.259. The van der Waals surface area contributed by atoms with Crippen LogP contribution in [0, 0.1) is 0 Å². The van der Waals surface area contributed by atoms with Gasteiger partial charge >= 0.3 is 0 Å². The largest absolute Gasteiger partial charge is 0.496 e. The molecule has 0 unspecified atom stereocenters. The molecule has 35 heavy (non-hydrogen) atoms. The molecule has 7 nitrogen and oxygen atoms in total. The summed E-state index contributed by atoms with van der Waals surface area (Å²) in [4.78, 5) is 28.0. The number of carbonyl (C=O) groups is 2. The lowest BCUT2D eigenvalue weighted by Gasteiger charge is -2.26. The van der Waals surface area contributed by atoms with E-state index in [1.54, 1.807) is 30.6 Å². The maximum atomic E-state index is 13.3. The summed E-state index contributed by atoms with van der Waals surface area (Å²) in [6, 6.07) is 13.9. The third-order valence-corrected chi connectivity index (χ3v) is 6.79. The number of benzene rings is 2. The van der Waals surface area contributed by atoms with E-state index in [2.05, 4.69) is 11.5 Å². The quantitative estimate of drug-likeness (QED) is 0.338. The van der Waals surface area contributed by atoms with Gasteiger partial charge in [-0.1, -0.05) is 24.8 Å². The molecule has 1 aliphatic rings. The molecule has 4 rings (SSSR count). The summed E-state index contributed by atoms with van der Waals surface area (Å²) in [6.45, 7) is 8.46. The first kappa shape index (κ1) is 24.7. The van der Waals surface area contributed by atoms with Crippen LogP contribution in [0.4, 0.5) is 0 Å². The molecule has 182 valence electrons. The van der Waals surface area contributed by atoms with Crippen LogP contribution in [0.1, 0.15) is 26.3 Å². The van der Waals surface area contributed by atoms with Crippen LogP contribution in [0.3, 0.4) is 0 Å². The molecule has 0 spiro atoms. The number of morpholine rings is 1.